The van der Waals surface area contributed by atoms with Crippen molar-refractivity contribution in [3.8, 4) is 5.75 Å². The van der Waals surface area contributed by atoms with Crippen LogP contribution < -0.4 is 4.74 Å². The Bertz CT molecular complexity index is 776. The van der Waals surface area contributed by atoms with E-state index < -0.39 is 0 Å². The molecule has 3 heteroatoms. The lowest BCUT2D eigenvalue weighted by Gasteiger charge is -2.10. The van der Waals surface area contributed by atoms with E-state index in [0.717, 1.165) is 12.2 Å². The highest BCUT2D eigenvalue weighted by molar-refractivity contribution is 5.82. The number of ether oxygens (including phenoxy) is 1. The Morgan fingerprint density at radius 2 is 1.95 bits per heavy atom. The minimum atomic E-state index is -0.279. The monoisotopic (exact) mass is 283 g/mol. The van der Waals surface area contributed by atoms with Crippen LogP contribution in [0.25, 0.3) is 10.9 Å². The van der Waals surface area contributed by atoms with Gasteiger partial charge in [0.2, 0.25) is 0 Å². The molecule has 0 aliphatic heterocycles. The summed E-state index contributed by atoms with van der Waals surface area (Å²) in [6.07, 6.45) is 0. The van der Waals surface area contributed by atoms with Crippen LogP contribution in [-0.4, -0.2) is 4.57 Å². The zero-order valence-electron chi connectivity index (χ0n) is 12.3. The molecule has 0 aliphatic rings. The highest BCUT2D eigenvalue weighted by Gasteiger charge is 2.08. The molecule has 3 aromatic rings. The van der Waals surface area contributed by atoms with E-state index in [1.54, 1.807) is 12.1 Å². The first kappa shape index (κ1) is 13.7. The fourth-order valence-electron chi connectivity index (χ4n) is 2.63. The molecule has 0 atom stereocenters. The van der Waals surface area contributed by atoms with Crippen LogP contribution in [-0.2, 0) is 13.2 Å². The standard InChI is InChI=1S/C18H18FNO/c1-3-20-16(10-14-8-7-13(2)9-18(14)20)12-21-17-6-4-5-15(19)11-17/h4-11H,3,12H2,1-2H3. The maximum Gasteiger partial charge on any atom is 0.128 e. The third-order valence-corrected chi connectivity index (χ3v) is 3.64. The molecule has 2 nitrogen and oxygen atoms in total. The summed E-state index contributed by atoms with van der Waals surface area (Å²) >= 11 is 0. The largest absolute Gasteiger partial charge is 0.487 e. The number of fused-ring (bicyclic) bond motifs is 1. The predicted molar refractivity (Wildman–Crippen MR) is 83.1 cm³/mol. The molecule has 2 aromatic carbocycles. The van der Waals surface area contributed by atoms with Crippen LogP contribution in [0.4, 0.5) is 4.39 Å². The fourth-order valence-corrected chi connectivity index (χ4v) is 2.63. The summed E-state index contributed by atoms with van der Waals surface area (Å²) < 4.78 is 21.1. The summed E-state index contributed by atoms with van der Waals surface area (Å²) in [7, 11) is 0. The molecular formula is C18H18FNO. The average Bonchev–Trinajstić information content (AvgIpc) is 2.82. The van der Waals surface area contributed by atoms with Gasteiger partial charge in [-0.3, -0.25) is 0 Å². The Kier molecular flexibility index (Phi) is 3.65. The van der Waals surface area contributed by atoms with Gasteiger partial charge in [-0.2, -0.15) is 0 Å². The average molecular weight is 283 g/mol. The van der Waals surface area contributed by atoms with E-state index in [9.17, 15) is 4.39 Å². The molecule has 0 aliphatic carbocycles. The highest BCUT2D eigenvalue weighted by Crippen LogP contribution is 2.23. The Morgan fingerprint density at radius 1 is 1.10 bits per heavy atom. The summed E-state index contributed by atoms with van der Waals surface area (Å²) in [5.74, 6) is 0.276. The predicted octanol–water partition coefficient (Wildman–Crippen LogP) is 4.69. The van der Waals surface area contributed by atoms with Crippen LogP contribution in [0.3, 0.4) is 0 Å². The topological polar surface area (TPSA) is 14.2 Å². The van der Waals surface area contributed by atoms with Crippen molar-refractivity contribution in [2.75, 3.05) is 0 Å². The molecule has 3 rings (SSSR count). The number of halogens is 1. The second-order valence-electron chi connectivity index (χ2n) is 5.19. The molecule has 108 valence electrons. The van der Waals surface area contributed by atoms with Gasteiger partial charge in [0.25, 0.3) is 0 Å². The van der Waals surface area contributed by atoms with Crippen molar-refractivity contribution in [2.45, 2.75) is 27.0 Å². The Morgan fingerprint density at radius 3 is 2.71 bits per heavy atom. The second-order valence-corrected chi connectivity index (χ2v) is 5.19. The number of hydrogen-bond donors (Lipinski definition) is 0. The maximum atomic E-state index is 13.2. The molecular weight excluding hydrogens is 265 g/mol. The number of rotatable bonds is 4. The van der Waals surface area contributed by atoms with E-state index in [4.69, 9.17) is 4.74 Å². The Hall–Kier alpha value is -2.29. The smallest absolute Gasteiger partial charge is 0.128 e. The van der Waals surface area contributed by atoms with Gasteiger partial charge in [0.1, 0.15) is 18.2 Å². The molecule has 0 fully saturated rings. The number of aryl methyl sites for hydroxylation is 2. The molecule has 0 spiro atoms. The van der Waals surface area contributed by atoms with Crippen LogP contribution in [0.15, 0.2) is 48.5 Å². The van der Waals surface area contributed by atoms with Gasteiger partial charge in [0.05, 0.1) is 5.69 Å². The highest BCUT2D eigenvalue weighted by atomic mass is 19.1. The minimum Gasteiger partial charge on any atom is -0.487 e. The van der Waals surface area contributed by atoms with Crippen molar-refractivity contribution >= 4 is 10.9 Å². The van der Waals surface area contributed by atoms with E-state index >= 15 is 0 Å². The van der Waals surface area contributed by atoms with Gasteiger partial charge in [-0.1, -0.05) is 18.2 Å². The van der Waals surface area contributed by atoms with E-state index in [2.05, 4.69) is 42.7 Å². The van der Waals surface area contributed by atoms with Crippen LogP contribution in [0.1, 0.15) is 18.2 Å². The lowest BCUT2D eigenvalue weighted by atomic mass is 10.2. The number of benzene rings is 2. The van der Waals surface area contributed by atoms with E-state index in [-0.39, 0.29) is 5.82 Å². The maximum absolute atomic E-state index is 13.2. The lowest BCUT2D eigenvalue weighted by molar-refractivity contribution is 0.294. The molecule has 21 heavy (non-hydrogen) atoms. The molecule has 0 bridgehead atoms. The van der Waals surface area contributed by atoms with Crippen LogP contribution >= 0.6 is 0 Å². The van der Waals surface area contributed by atoms with Gasteiger partial charge >= 0.3 is 0 Å². The van der Waals surface area contributed by atoms with Crippen LogP contribution in [0.5, 0.6) is 5.75 Å². The first-order valence-electron chi connectivity index (χ1n) is 7.14. The van der Waals surface area contributed by atoms with Crippen molar-refractivity contribution in [2.24, 2.45) is 0 Å². The quantitative estimate of drug-likeness (QED) is 0.677. The number of aromatic nitrogens is 1. The Balaban J connectivity index is 1.90. The van der Waals surface area contributed by atoms with Gasteiger partial charge in [0.15, 0.2) is 0 Å². The third-order valence-electron chi connectivity index (χ3n) is 3.64. The van der Waals surface area contributed by atoms with Gasteiger partial charge in [0, 0.05) is 23.5 Å². The van der Waals surface area contributed by atoms with Crippen molar-refractivity contribution in [1.82, 2.24) is 4.57 Å². The molecule has 0 N–H and O–H groups in total. The lowest BCUT2D eigenvalue weighted by Crippen LogP contribution is -2.04. The molecule has 0 saturated carbocycles. The van der Waals surface area contributed by atoms with Gasteiger partial charge in [-0.05, 0) is 43.7 Å². The zero-order valence-corrected chi connectivity index (χ0v) is 12.3. The molecule has 1 heterocycles. The van der Waals surface area contributed by atoms with E-state index in [1.807, 2.05) is 0 Å². The fraction of sp³-hybridized carbons (Fsp3) is 0.222. The van der Waals surface area contributed by atoms with Gasteiger partial charge < -0.3 is 9.30 Å². The molecule has 1 aromatic heterocycles. The van der Waals surface area contributed by atoms with Crippen LogP contribution in [0.2, 0.25) is 0 Å². The SMILES string of the molecule is CCn1c(COc2cccc(F)c2)cc2ccc(C)cc21. The summed E-state index contributed by atoms with van der Waals surface area (Å²) in [5, 5.41) is 1.21. The van der Waals surface area contributed by atoms with Crippen molar-refractivity contribution in [3.63, 3.8) is 0 Å². The first-order valence-corrected chi connectivity index (χ1v) is 7.14. The van der Waals surface area contributed by atoms with Gasteiger partial charge in [-0.15, -0.1) is 0 Å². The summed E-state index contributed by atoms with van der Waals surface area (Å²) in [6.45, 7) is 5.53. The molecule has 0 unspecified atom stereocenters. The van der Waals surface area contributed by atoms with Crippen molar-refractivity contribution in [1.29, 1.82) is 0 Å². The summed E-state index contributed by atoms with van der Waals surface area (Å²) in [6, 6.07) is 14.8. The Labute approximate surface area is 123 Å². The summed E-state index contributed by atoms with van der Waals surface area (Å²) in [5.41, 5.74) is 3.56. The van der Waals surface area contributed by atoms with Gasteiger partial charge in [-0.25, -0.2) is 4.39 Å². The van der Waals surface area contributed by atoms with Crippen molar-refractivity contribution < 1.29 is 9.13 Å². The van der Waals surface area contributed by atoms with E-state index in [0.29, 0.717) is 12.4 Å². The molecule has 0 saturated heterocycles. The molecule has 0 amide bonds. The first-order chi connectivity index (χ1) is 10.2. The molecule has 0 radical (unpaired) electrons. The third kappa shape index (κ3) is 2.77. The second kappa shape index (κ2) is 5.60. The normalized spacial score (nSPS) is 11.0. The zero-order chi connectivity index (χ0) is 14.8. The summed E-state index contributed by atoms with van der Waals surface area (Å²) in [4.78, 5) is 0. The van der Waals surface area contributed by atoms with E-state index in [1.165, 1.54) is 28.6 Å². The van der Waals surface area contributed by atoms with Crippen LogP contribution in [0, 0.1) is 12.7 Å². The minimum absolute atomic E-state index is 0.279. The number of hydrogen-bond acceptors (Lipinski definition) is 1. The van der Waals surface area contributed by atoms with Crippen molar-refractivity contribution in [3.05, 3.63) is 65.6 Å². The number of nitrogens with zero attached hydrogens (tertiary/aromatic N) is 1.